The monoisotopic (exact) mass is 278 g/mol. The molecule has 1 amide bonds. The molecule has 5 heteroatoms. The first-order valence-corrected chi connectivity index (χ1v) is 6.99. The van der Waals surface area contributed by atoms with Crippen molar-refractivity contribution in [2.75, 3.05) is 18.0 Å². The van der Waals surface area contributed by atoms with E-state index in [1.807, 2.05) is 20.8 Å². The van der Waals surface area contributed by atoms with Crippen molar-refractivity contribution < 1.29 is 14.6 Å². The van der Waals surface area contributed by atoms with Gasteiger partial charge >= 0.3 is 0 Å². The molecule has 3 N–H and O–H groups in total. The molecule has 0 radical (unpaired) electrons. The van der Waals surface area contributed by atoms with Crippen LogP contribution in [0.4, 0.5) is 5.69 Å². The van der Waals surface area contributed by atoms with Gasteiger partial charge in [-0.25, -0.2) is 0 Å². The summed E-state index contributed by atoms with van der Waals surface area (Å²) in [5.41, 5.74) is 6.88. The number of aliphatic hydroxyl groups is 1. The Kier molecular flexibility index (Phi) is 4.30. The molecular formula is C15H22N2O3. The largest absolute Gasteiger partial charge is 0.478 e. The third kappa shape index (κ3) is 2.51. The molecule has 0 saturated carbocycles. The molecule has 0 aromatic heterocycles. The third-order valence-corrected chi connectivity index (χ3v) is 3.57. The average molecular weight is 278 g/mol. The van der Waals surface area contributed by atoms with Crippen LogP contribution in [0, 0.1) is 5.92 Å². The van der Waals surface area contributed by atoms with Crippen LogP contribution in [0.2, 0.25) is 0 Å². The quantitative estimate of drug-likeness (QED) is 0.874. The van der Waals surface area contributed by atoms with E-state index in [4.69, 9.17) is 10.5 Å². The number of rotatable bonds is 4. The maximum atomic E-state index is 12.4. The molecule has 0 bridgehead atoms. The van der Waals surface area contributed by atoms with Gasteiger partial charge in [0.2, 0.25) is 0 Å². The molecule has 0 aliphatic carbocycles. The van der Waals surface area contributed by atoms with E-state index in [0.717, 1.165) is 0 Å². The number of anilines is 1. The van der Waals surface area contributed by atoms with Crippen LogP contribution in [0.1, 0.15) is 32.4 Å². The van der Waals surface area contributed by atoms with Crippen molar-refractivity contribution in [1.29, 1.82) is 0 Å². The smallest absolute Gasteiger partial charge is 0.268 e. The summed E-state index contributed by atoms with van der Waals surface area (Å²) >= 11 is 0. The van der Waals surface area contributed by atoms with E-state index in [0.29, 0.717) is 23.5 Å². The fourth-order valence-electron chi connectivity index (χ4n) is 2.40. The number of carbonyl (C=O) groups excluding carboxylic acids is 1. The van der Waals surface area contributed by atoms with Crippen LogP contribution in [0.5, 0.6) is 5.75 Å². The summed E-state index contributed by atoms with van der Waals surface area (Å²) in [6, 6.07) is 5.37. The van der Waals surface area contributed by atoms with Crippen molar-refractivity contribution in [3.05, 3.63) is 23.8 Å². The molecule has 2 rings (SSSR count). The molecular weight excluding hydrogens is 256 g/mol. The lowest BCUT2D eigenvalue weighted by molar-refractivity contribution is -0.128. The second-order valence-electron chi connectivity index (χ2n) is 5.34. The summed E-state index contributed by atoms with van der Waals surface area (Å²) in [7, 11) is 0. The van der Waals surface area contributed by atoms with E-state index in [1.165, 1.54) is 0 Å². The van der Waals surface area contributed by atoms with Gasteiger partial charge in [-0.2, -0.15) is 0 Å². The van der Waals surface area contributed by atoms with Gasteiger partial charge in [-0.3, -0.25) is 4.79 Å². The molecule has 1 aromatic rings. The number of nitrogens with two attached hydrogens (primary N) is 1. The van der Waals surface area contributed by atoms with Gasteiger partial charge in [0.15, 0.2) is 6.10 Å². The lowest BCUT2D eigenvalue weighted by Gasteiger charge is -2.35. The highest BCUT2D eigenvalue weighted by Crippen LogP contribution is 2.37. The lowest BCUT2D eigenvalue weighted by Crippen LogP contribution is -2.48. The Morgan fingerprint density at radius 3 is 2.70 bits per heavy atom. The van der Waals surface area contributed by atoms with Crippen molar-refractivity contribution in [3.8, 4) is 5.75 Å². The molecule has 0 fully saturated rings. The van der Waals surface area contributed by atoms with E-state index >= 15 is 0 Å². The number of likely N-dealkylation sites (N-methyl/N-ethyl adjacent to an activating group) is 1. The summed E-state index contributed by atoms with van der Waals surface area (Å²) in [5.74, 6) is 0.756. The predicted molar refractivity (Wildman–Crippen MR) is 77.7 cm³/mol. The second kappa shape index (κ2) is 5.81. The highest BCUT2D eigenvalue weighted by molar-refractivity contribution is 6.00. The topological polar surface area (TPSA) is 75.8 Å². The average Bonchev–Trinajstić information content (AvgIpc) is 2.45. The highest BCUT2D eigenvalue weighted by Gasteiger charge is 2.35. The van der Waals surface area contributed by atoms with Crippen LogP contribution in [-0.2, 0) is 4.79 Å². The van der Waals surface area contributed by atoms with Crippen molar-refractivity contribution >= 4 is 11.6 Å². The zero-order chi connectivity index (χ0) is 14.9. The van der Waals surface area contributed by atoms with Crippen molar-refractivity contribution in [2.24, 2.45) is 11.7 Å². The van der Waals surface area contributed by atoms with Crippen LogP contribution >= 0.6 is 0 Å². The minimum Gasteiger partial charge on any atom is -0.478 e. The van der Waals surface area contributed by atoms with Crippen LogP contribution in [0.15, 0.2) is 18.2 Å². The maximum Gasteiger partial charge on any atom is 0.268 e. The number of aliphatic hydroxyl groups excluding tert-OH is 1. The number of nitrogens with zero attached hydrogens (tertiary/aromatic N) is 1. The van der Waals surface area contributed by atoms with Crippen LogP contribution in [-0.4, -0.2) is 30.2 Å². The Morgan fingerprint density at radius 2 is 2.15 bits per heavy atom. The Balaban J connectivity index is 2.43. The van der Waals surface area contributed by atoms with Gasteiger partial charge in [0.1, 0.15) is 5.75 Å². The van der Waals surface area contributed by atoms with Crippen molar-refractivity contribution in [2.45, 2.75) is 33.0 Å². The first-order chi connectivity index (χ1) is 9.49. The first-order valence-electron chi connectivity index (χ1n) is 6.99. The fraction of sp³-hybridized carbons (Fsp3) is 0.533. The van der Waals surface area contributed by atoms with Crippen LogP contribution < -0.4 is 15.4 Å². The number of ether oxygens (including phenoxy) is 1. The minimum absolute atomic E-state index is 0.0330. The zero-order valence-corrected chi connectivity index (χ0v) is 12.2. The molecule has 110 valence electrons. The molecule has 1 aromatic carbocycles. The Morgan fingerprint density at radius 1 is 1.45 bits per heavy atom. The SMILES string of the molecule is CCN1C(=O)C(C(C)C)Oc2ccc(C(O)CN)cc21. The summed E-state index contributed by atoms with van der Waals surface area (Å²) in [5, 5.41) is 9.83. The minimum atomic E-state index is -0.725. The number of hydrogen-bond acceptors (Lipinski definition) is 4. The standard InChI is InChI=1S/C15H22N2O3/c1-4-17-11-7-10(12(18)8-16)5-6-13(11)20-14(9(2)3)15(17)19/h5-7,9,12,14,18H,4,8,16H2,1-3H3. The molecule has 0 spiro atoms. The molecule has 20 heavy (non-hydrogen) atoms. The van der Waals surface area contributed by atoms with E-state index in [2.05, 4.69) is 0 Å². The third-order valence-electron chi connectivity index (χ3n) is 3.57. The summed E-state index contributed by atoms with van der Waals surface area (Å²) in [6.45, 7) is 6.58. The molecule has 2 atom stereocenters. The van der Waals surface area contributed by atoms with E-state index < -0.39 is 12.2 Å². The predicted octanol–water partition coefficient (Wildman–Crippen LogP) is 1.45. The van der Waals surface area contributed by atoms with Gasteiger partial charge in [-0.1, -0.05) is 19.9 Å². The second-order valence-corrected chi connectivity index (χ2v) is 5.34. The van der Waals surface area contributed by atoms with Crippen molar-refractivity contribution in [3.63, 3.8) is 0 Å². The van der Waals surface area contributed by atoms with Gasteiger partial charge in [0.25, 0.3) is 5.91 Å². The highest BCUT2D eigenvalue weighted by atomic mass is 16.5. The molecule has 0 saturated heterocycles. The van der Waals surface area contributed by atoms with Crippen molar-refractivity contribution in [1.82, 2.24) is 0 Å². The molecule has 1 aliphatic heterocycles. The van der Waals surface area contributed by atoms with Gasteiger partial charge < -0.3 is 20.5 Å². The van der Waals surface area contributed by atoms with Gasteiger partial charge in [-0.05, 0) is 30.5 Å². The van der Waals surface area contributed by atoms with E-state index in [-0.39, 0.29) is 18.4 Å². The van der Waals surface area contributed by atoms with E-state index in [9.17, 15) is 9.90 Å². The van der Waals surface area contributed by atoms with Gasteiger partial charge in [0.05, 0.1) is 11.8 Å². The number of benzene rings is 1. The summed E-state index contributed by atoms with van der Waals surface area (Å²) in [4.78, 5) is 14.1. The summed E-state index contributed by atoms with van der Waals surface area (Å²) in [6.07, 6.45) is -1.18. The normalized spacial score (nSPS) is 19.8. The summed E-state index contributed by atoms with van der Waals surface area (Å²) < 4.78 is 5.80. The maximum absolute atomic E-state index is 12.4. The lowest BCUT2D eigenvalue weighted by atomic mass is 10.0. The van der Waals surface area contributed by atoms with E-state index in [1.54, 1.807) is 23.1 Å². The molecule has 1 aliphatic rings. The van der Waals surface area contributed by atoms with Crippen LogP contribution in [0.3, 0.4) is 0 Å². The molecule has 2 unspecified atom stereocenters. The fourth-order valence-corrected chi connectivity index (χ4v) is 2.40. The van der Waals surface area contributed by atoms with Gasteiger partial charge in [0, 0.05) is 13.1 Å². The van der Waals surface area contributed by atoms with Gasteiger partial charge in [-0.15, -0.1) is 0 Å². The number of fused-ring (bicyclic) bond motifs is 1. The number of hydrogen-bond donors (Lipinski definition) is 2. The van der Waals surface area contributed by atoms with Crippen LogP contribution in [0.25, 0.3) is 0 Å². The first kappa shape index (κ1) is 14.8. The molecule has 5 nitrogen and oxygen atoms in total. The zero-order valence-electron chi connectivity index (χ0n) is 12.2. The molecule has 1 heterocycles. The Bertz CT molecular complexity index is 502. The Labute approximate surface area is 119 Å². The number of amides is 1. The number of carbonyl (C=O) groups is 1. The Hall–Kier alpha value is -1.59.